The van der Waals surface area contributed by atoms with Crippen LogP contribution in [0.25, 0.3) is 0 Å². The maximum Gasteiger partial charge on any atom is 0.115 e. The molecule has 0 spiro atoms. The highest BCUT2D eigenvalue weighted by molar-refractivity contribution is 7.99. The summed E-state index contributed by atoms with van der Waals surface area (Å²) in [7, 11) is 0. The van der Waals surface area contributed by atoms with E-state index in [0.29, 0.717) is 5.02 Å². The maximum absolute atomic E-state index is 6.25. The molecule has 0 radical (unpaired) electrons. The lowest BCUT2D eigenvalue weighted by atomic mass is 10.0. The van der Waals surface area contributed by atoms with Gasteiger partial charge in [0.2, 0.25) is 0 Å². The second-order valence-electron chi connectivity index (χ2n) is 4.57. The highest BCUT2D eigenvalue weighted by atomic mass is 35.5. The average molecular weight is 293 g/mol. The molecular weight excluding hydrogens is 276 g/mol. The van der Waals surface area contributed by atoms with E-state index in [4.69, 9.17) is 17.3 Å². The summed E-state index contributed by atoms with van der Waals surface area (Å²) < 4.78 is 0. The van der Waals surface area contributed by atoms with E-state index >= 15 is 0 Å². The first-order valence-corrected chi connectivity index (χ1v) is 7.50. The summed E-state index contributed by atoms with van der Waals surface area (Å²) in [6.07, 6.45) is 1.75. The van der Waals surface area contributed by atoms with Crippen LogP contribution in [0.4, 0.5) is 0 Å². The Kier molecular flexibility index (Phi) is 4.86. The zero-order valence-corrected chi connectivity index (χ0v) is 12.6. The quantitative estimate of drug-likeness (QED) is 0.861. The van der Waals surface area contributed by atoms with Crippen molar-refractivity contribution in [3.05, 3.63) is 58.2 Å². The van der Waals surface area contributed by atoms with E-state index in [2.05, 4.69) is 37.0 Å². The van der Waals surface area contributed by atoms with Crippen LogP contribution in [0.1, 0.15) is 22.7 Å². The smallest absolute Gasteiger partial charge is 0.115 e. The van der Waals surface area contributed by atoms with Gasteiger partial charge in [-0.3, -0.25) is 0 Å². The van der Waals surface area contributed by atoms with Gasteiger partial charge in [0, 0.05) is 18.0 Å². The molecule has 0 fully saturated rings. The number of rotatable bonds is 4. The van der Waals surface area contributed by atoms with Crippen LogP contribution >= 0.6 is 23.4 Å². The zero-order valence-electron chi connectivity index (χ0n) is 11.1. The van der Waals surface area contributed by atoms with E-state index in [1.807, 2.05) is 12.1 Å². The standard InChI is InChI=1S/C15H17ClN2S/c1-10-5-6-12(11(2)8-10)14(17)9-19-15-13(16)4-3-7-18-15/h3-8,14H,9,17H2,1-2H3. The van der Waals surface area contributed by atoms with Crippen LogP contribution in [0.3, 0.4) is 0 Å². The Morgan fingerprint density at radius 3 is 2.79 bits per heavy atom. The molecule has 0 aliphatic carbocycles. The first-order chi connectivity index (χ1) is 9.08. The molecule has 1 atom stereocenters. The van der Waals surface area contributed by atoms with Crippen molar-refractivity contribution in [2.24, 2.45) is 5.73 Å². The molecule has 2 aromatic rings. The molecule has 2 N–H and O–H groups in total. The molecule has 1 heterocycles. The highest BCUT2D eigenvalue weighted by Gasteiger charge is 2.11. The van der Waals surface area contributed by atoms with Crippen molar-refractivity contribution < 1.29 is 0 Å². The zero-order chi connectivity index (χ0) is 13.8. The minimum absolute atomic E-state index is 0.0105. The predicted octanol–water partition coefficient (Wildman–Crippen LogP) is 4.14. The molecular formula is C15H17ClN2S. The van der Waals surface area contributed by atoms with Gasteiger partial charge in [-0.2, -0.15) is 0 Å². The molecule has 0 saturated heterocycles. The Labute approximate surface area is 123 Å². The van der Waals surface area contributed by atoms with Gasteiger partial charge in [-0.05, 0) is 37.1 Å². The van der Waals surface area contributed by atoms with Gasteiger partial charge >= 0.3 is 0 Å². The Morgan fingerprint density at radius 1 is 1.32 bits per heavy atom. The molecule has 1 aromatic heterocycles. The fourth-order valence-electron chi connectivity index (χ4n) is 1.98. The van der Waals surface area contributed by atoms with Crippen LogP contribution in [-0.2, 0) is 0 Å². The van der Waals surface area contributed by atoms with Crippen LogP contribution in [-0.4, -0.2) is 10.7 Å². The molecule has 2 rings (SSSR count). The van der Waals surface area contributed by atoms with Crippen molar-refractivity contribution in [2.75, 3.05) is 5.75 Å². The Hall–Kier alpha value is -1.03. The lowest BCUT2D eigenvalue weighted by Gasteiger charge is -2.15. The van der Waals surface area contributed by atoms with Crippen molar-refractivity contribution in [2.45, 2.75) is 24.9 Å². The van der Waals surface area contributed by atoms with E-state index < -0.39 is 0 Å². The molecule has 19 heavy (non-hydrogen) atoms. The number of hydrogen-bond acceptors (Lipinski definition) is 3. The Bertz CT molecular complexity index is 572. The summed E-state index contributed by atoms with van der Waals surface area (Å²) in [6, 6.07) is 10.0. The minimum Gasteiger partial charge on any atom is -0.323 e. The molecule has 0 aliphatic rings. The highest BCUT2D eigenvalue weighted by Crippen LogP contribution is 2.28. The van der Waals surface area contributed by atoms with Crippen molar-refractivity contribution in [1.82, 2.24) is 4.98 Å². The van der Waals surface area contributed by atoms with E-state index in [9.17, 15) is 0 Å². The minimum atomic E-state index is -0.0105. The largest absolute Gasteiger partial charge is 0.323 e. The van der Waals surface area contributed by atoms with Crippen LogP contribution < -0.4 is 5.73 Å². The molecule has 0 saturated carbocycles. The summed E-state index contributed by atoms with van der Waals surface area (Å²) >= 11 is 7.68. The van der Waals surface area contributed by atoms with Gasteiger partial charge in [-0.1, -0.05) is 35.4 Å². The van der Waals surface area contributed by atoms with Crippen LogP contribution in [0, 0.1) is 13.8 Å². The fourth-order valence-corrected chi connectivity index (χ4v) is 3.12. The SMILES string of the molecule is Cc1ccc(C(N)CSc2ncccc2Cl)c(C)c1. The molecule has 100 valence electrons. The fraction of sp³-hybridized carbons (Fsp3) is 0.267. The van der Waals surface area contributed by atoms with E-state index in [1.165, 1.54) is 16.7 Å². The second-order valence-corrected chi connectivity index (χ2v) is 5.98. The third kappa shape index (κ3) is 3.72. The number of nitrogens with two attached hydrogens (primary N) is 1. The maximum atomic E-state index is 6.25. The van der Waals surface area contributed by atoms with Gasteiger partial charge in [0.1, 0.15) is 5.03 Å². The van der Waals surface area contributed by atoms with Gasteiger partial charge in [-0.15, -0.1) is 11.8 Å². The third-order valence-electron chi connectivity index (χ3n) is 2.95. The van der Waals surface area contributed by atoms with Gasteiger partial charge < -0.3 is 5.73 Å². The van der Waals surface area contributed by atoms with E-state index in [-0.39, 0.29) is 6.04 Å². The van der Waals surface area contributed by atoms with Crippen molar-refractivity contribution >= 4 is 23.4 Å². The number of aryl methyl sites for hydroxylation is 2. The molecule has 0 bridgehead atoms. The Balaban J connectivity index is 2.05. The third-order valence-corrected chi connectivity index (χ3v) is 4.49. The van der Waals surface area contributed by atoms with Crippen molar-refractivity contribution in [1.29, 1.82) is 0 Å². The summed E-state index contributed by atoms with van der Waals surface area (Å²) in [5, 5.41) is 1.52. The Morgan fingerprint density at radius 2 is 2.11 bits per heavy atom. The normalized spacial score (nSPS) is 12.4. The summed E-state index contributed by atoms with van der Waals surface area (Å²) in [5.41, 5.74) is 9.93. The van der Waals surface area contributed by atoms with E-state index in [1.54, 1.807) is 18.0 Å². The number of thioether (sulfide) groups is 1. The van der Waals surface area contributed by atoms with E-state index in [0.717, 1.165) is 10.8 Å². The predicted molar refractivity (Wildman–Crippen MR) is 82.8 cm³/mol. The van der Waals surface area contributed by atoms with Crippen molar-refractivity contribution in [3.8, 4) is 0 Å². The number of benzene rings is 1. The lowest BCUT2D eigenvalue weighted by Crippen LogP contribution is -2.14. The van der Waals surface area contributed by atoms with Crippen LogP contribution in [0.15, 0.2) is 41.6 Å². The molecule has 2 nitrogen and oxygen atoms in total. The molecule has 1 aromatic carbocycles. The summed E-state index contributed by atoms with van der Waals surface area (Å²) in [5.74, 6) is 0.765. The molecule has 0 aliphatic heterocycles. The first-order valence-electron chi connectivity index (χ1n) is 6.14. The number of pyridine rings is 1. The average Bonchev–Trinajstić information content (AvgIpc) is 2.37. The van der Waals surface area contributed by atoms with Gasteiger partial charge in [0.25, 0.3) is 0 Å². The topological polar surface area (TPSA) is 38.9 Å². The van der Waals surface area contributed by atoms with Crippen molar-refractivity contribution in [3.63, 3.8) is 0 Å². The summed E-state index contributed by atoms with van der Waals surface area (Å²) in [4.78, 5) is 4.26. The van der Waals surface area contributed by atoms with Gasteiger partial charge in [0.15, 0.2) is 0 Å². The van der Waals surface area contributed by atoms with Crippen LogP contribution in [0.2, 0.25) is 5.02 Å². The van der Waals surface area contributed by atoms with Gasteiger partial charge in [-0.25, -0.2) is 4.98 Å². The number of hydrogen-bond donors (Lipinski definition) is 1. The number of halogens is 1. The number of nitrogens with zero attached hydrogens (tertiary/aromatic N) is 1. The monoisotopic (exact) mass is 292 g/mol. The van der Waals surface area contributed by atoms with Crippen LogP contribution in [0.5, 0.6) is 0 Å². The number of aromatic nitrogens is 1. The van der Waals surface area contributed by atoms with Gasteiger partial charge in [0.05, 0.1) is 5.02 Å². The molecule has 4 heteroatoms. The molecule has 1 unspecified atom stereocenters. The summed E-state index contributed by atoms with van der Waals surface area (Å²) in [6.45, 7) is 4.19. The second kappa shape index (κ2) is 6.42. The lowest BCUT2D eigenvalue weighted by molar-refractivity contribution is 0.821. The first kappa shape index (κ1) is 14.4. The molecule has 0 amide bonds.